The van der Waals surface area contributed by atoms with E-state index in [1.54, 1.807) is 14.2 Å². The second-order valence-corrected chi connectivity index (χ2v) is 6.86. The Morgan fingerprint density at radius 2 is 2.00 bits per heavy atom. The van der Waals surface area contributed by atoms with Gasteiger partial charge in [0.25, 0.3) is 5.91 Å². The highest BCUT2D eigenvalue weighted by Gasteiger charge is 2.33. The van der Waals surface area contributed by atoms with Crippen LogP contribution in [0.15, 0.2) is 42.7 Å². The van der Waals surface area contributed by atoms with Crippen LogP contribution in [0.4, 0.5) is 0 Å². The predicted molar refractivity (Wildman–Crippen MR) is 102 cm³/mol. The summed E-state index contributed by atoms with van der Waals surface area (Å²) in [5.74, 6) is 1.43. The van der Waals surface area contributed by atoms with Crippen LogP contribution in [-0.4, -0.2) is 41.0 Å². The highest BCUT2D eigenvalue weighted by atomic mass is 16.5. The molecule has 1 saturated heterocycles. The predicted octanol–water partition coefficient (Wildman–Crippen LogP) is 3.64. The van der Waals surface area contributed by atoms with E-state index in [0.717, 1.165) is 41.1 Å². The van der Waals surface area contributed by atoms with Gasteiger partial charge in [-0.3, -0.25) is 4.79 Å². The zero-order valence-electron chi connectivity index (χ0n) is 15.8. The number of aryl methyl sites for hydroxylation is 1. The van der Waals surface area contributed by atoms with Crippen molar-refractivity contribution in [3.05, 3.63) is 59.5 Å². The van der Waals surface area contributed by atoms with Crippen molar-refractivity contribution in [2.24, 2.45) is 0 Å². The van der Waals surface area contributed by atoms with Gasteiger partial charge in [-0.2, -0.15) is 0 Å². The summed E-state index contributed by atoms with van der Waals surface area (Å²) in [6.45, 7) is 2.74. The lowest BCUT2D eigenvalue weighted by atomic mass is 10.0. The fourth-order valence-corrected chi connectivity index (χ4v) is 3.78. The summed E-state index contributed by atoms with van der Waals surface area (Å²) in [4.78, 5) is 19.6. The normalized spacial score (nSPS) is 16.7. The van der Waals surface area contributed by atoms with E-state index >= 15 is 0 Å². The minimum Gasteiger partial charge on any atom is -0.497 e. The molecule has 0 N–H and O–H groups in total. The summed E-state index contributed by atoms with van der Waals surface area (Å²) in [5.41, 5.74) is 3.38. The number of fused-ring (bicyclic) bond motifs is 1. The van der Waals surface area contributed by atoms with Gasteiger partial charge in [-0.15, -0.1) is 0 Å². The SMILES string of the molecule is COc1ccc(C2CCCN2C(=O)c2cn3cc(C)ccc3n2)c(OC)c1. The Labute approximate surface area is 158 Å². The van der Waals surface area contributed by atoms with Gasteiger partial charge in [0.05, 0.1) is 20.3 Å². The summed E-state index contributed by atoms with van der Waals surface area (Å²) in [6.07, 6.45) is 5.65. The first kappa shape index (κ1) is 17.4. The fourth-order valence-electron chi connectivity index (χ4n) is 3.78. The van der Waals surface area contributed by atoms with Gasteiger partial charge in [-0.1, -0.05) is 6.07 Å². The number of carbonyl (C=O) groups excluding carboxylic acids is 1. The molecule has 1 aliphatic rings. The molecule has 0 radical (unpaired) electrons. The van der Waals surface area contributed by atoms with E-state index < -0.39 is 0 Å². The maximum absolute atomic E-state index is 13.2. The Bertz CT molecular complexity index is 996. The van der Waals surface area contributed by atoms with Crippen LogP contribution < -0.4 is 9.47 Å². The van der Waals surface area contributed by atoms with Gasteiger partial charge >= 0.3 is 0 Å². The van der Waals surface area contributed by atoms with Crippen LogP contribution in [0.2, 0.25) is 0 Å². The van der Waals surface area contributed by atoms with E-state index in [2.05, 4.69) is 4.98 Å². The van der Waals surface area contributed by atoms with Gasteiger partial charge in [-0.05, 0) is 43.5 Å². The first-order chi connectivity index (χ1) is 13.1. The molecule has 0 aliphatic carbocycles. The molecule has 3 heterocycles. The van der Waals surface area contributed by atoms with E-state index in [9.17, 15) is 4.79 Å². The standard InChI is InChI=1S/C21H23N3O3/c1-14-6-9-20-22-17(13-23(20)12-14)21(25)24-10-4-5-18(24)16-8-7-15(26-2)11-19(16)27-3/h6-9,11-13,18H,4-5,10H2,1-3H3. The van der Waals surface area contributed by atoms with Crippen molar-refractivity contribution in [1.29, 1.82) is 0 Å². The molecular formula is C21H23N3O3. The van der Waals surface area contributed by atoms with Crippen LogP contribution in [0.1, 0.15) is 40.5 Å². The number of benzene rings is 1. The first-order valence-corrected chi connectivity index (χ1v) is 9.09. The van der Waals surface area contributed by atoms with Gasteiger partial charge < -0.3 is 18.8 Å². The summed E-state index contributed by atoms with van der Waals surface area (Å²) in [6, 6.07) is 9.67. The van der Waals surface area contributed by atoms with E-state index in [4.69, 9.17) is 9.47 Å². The molecule has 0 spiro atoms. The molecule has 1 aliphatic heterocycles. The smallest absolute Gasteiger partial charge is 0.274 e. The van der Waals surface area contributed by atoms with Gasteiger partial charge in [0, 0.05) is 30.6 Å². The molecule has 1 amide bonds. The van der Waals surface area contributed by atoms with Crippen molar-refractivity contribution in [1.82, 2.24) is 14.3 Å². The molecule has 4 rings (SSSR count). The quantitative estimate of drug-likeness (QED) is 0.708. The summed E-state index contributed by atoms with van der Waals surface area (Å²) in [7, 11) is 3.27. The number of pyridine rings is 1. The third kappa shape index (κ3) is 3.12. The maximum Gasteiger partial charge on any atom is 0.274 e. The van der Waals surface area contributed by atoms with Crippen molar-refractivity contribution in [3.8, 4) is 11.5 Å². The topological polar surface area (TPSA) is 56.1 Å². The van der Waals surface area contributed by atoms with E-state index in [1.807, 2.05) is 58.9 Å². The van der Waals surface area contributed by atoms with E-state index in [0.29, 0.717) is 12.2 Å². The van der Waals surface area contributed by atoms with Gasteiger partial charge in [0.2, 0.25) is 0 Å². The van der Waals surface area contributed by atoms with Crippen LogP contribution in [0, 0.1) is 6.92 Å². The largest absolute Gasteiger partial charge is 0.497 e. The molecule has 140 valence electrons. The van der Waals surface area contributed by atoms with Crippen molar-refractivity contribution < 1.29 is 14.3 Å². The Kier molecular flexibility index (Phi) is 4.48. The molecule has 0 saturated carbocycles. The minimum atomic E-state index is -0.0447. The third-order valence-corrected chi connectivity index (χ3v) is 5.13. The lowest BCUT2D eigenvalue weighted by Gasteiger charge is -2.26. The number of carbonyl (C=O) groups is 1. The second kappa shape index (κ2) is 6.95. The van der Waals surface area contributed by atoms with Crippen molar-refractivity contribution in [3.63, 3.8) is 0 Å². The Morgan fingerprint density at radius 3 is 2.78 bits per heavy atom. The maximum atomic E-state index is 13.2. The van der Waals surface area contributed by atoms with Gasteiger partial charge in [-0.25, -0.2) is 4.98 Å². The highest BCUT2D eigenvalue weighted by Crippen LogP contribution is 2.39. The molecule has 6 heteroatoms. The Hall–Kier alpha value is -3.02. The van der Waals surface area contributed by atoms with Crippen LogP contribution in [0.5, 0.6) is 11.5 Å². The zero-order valence-corrected chi connectivity index (χ0v) is 15.8. The Morgan fingerprint density at radius 1 is 1.15 bits per heavy atom. The molecule has 1 unspecified atom stereocenters. The fraction of sp³-hybridized carbons (Fsp3) is 0.333. The van der Waals surface area contributed by atoms with Crippen LogP contribution in [0.3, 0.4) is 0 Å². The molecule has 1 aromatic carbocycles. The number of imidazole rings is 1. The molecule has 6 nitrogen and oxygen atoms in total. The number of rotatable bonds is 4. The second-order valence-electron chi connectivity index (χ2n) is 6.86. The highest BCUT2D eigenvalue weighted by molar-refractivity contribution is 5.93. The van der Waals surface area contributed by atoms with Crippen LogP contribution in [0.25, 0.3) is 5.65 Å². The molecule has 0 bridgehead atoms. The molecule has 2 aromatic heterocycles. The Balaban J connectivity index is 1.67. The number of methoxy groups -OCH3 is 2. The first-order valence-electron chi connectivity index (χ1n) is 9.09. The number of amides is 1. The number of hydrogen-bond donors (Lipinski definition) is 0. The van der Waals surface area contributed by atoms with Gasteiger partial charge in [0.15, 0.2) is 0 Å². The average molecular weight is 365 g/mol. The molecule has 1 fully saturated rings. The average Bonchev–Trinajstić information content (AvgIpc) is 3.33. The monoisotopic (exact) mass is 365 g/mol. The number of hydrogen-bond acceptors (Lipinski definition) is 4. The molecule has 1 atom stereocenters. The molecule has 3 aromatic rings. The lowest BCUT2D eigenvalue weighted by molar-refractivity contribution is 0.0729. The minimum absolute atomic E-state index is 0.0232. The van der Waals surface area contributed by atoms with Crippen molar-refractivity contribution in [2.75, 3.05) is 20.8 Å². The van der Waals surface area contributed by atoms with Crippen LogP contribution in [-0.2, 0) is 0 Å². The summed E-state index contributed by atoms with van der Waals surface area (Å²) >= 11 is 0. The molecule has 27 heavy (non-hydrogen) atoms. The van der Waals surface area contributed by atoms with E-state index in [-0.39, 0.29) is 11.9 Å². The number of nitrogens with zero attached hydrogens (tertiary/aromatic N) is 3. The van der Waals surface area contributed by atoms with Crippen LogP contribution >= 0.6 is 0 Å². The number of likely N-dealkylation sites (tertiary alicyclic amines) is 1. The number of aromatic nitrogens is 2. The number of ether oxygens (including phenoxy) is 2. The third-order valence-electron chi connectivity index (χ3n) is 5.13. The van der Waals surface area contributed by atoms with E-state index in [1.165, 1.54) is 0 Å². The van der Waals surface area contributed by atoms with Crippen molar-refractivity contribution >= 4 is 11.6 Å². The molecular weight excluding hydrogens is 342 g/mol. The van der Waals surface area contributed by atoms with Gasteiger partial charge in [0.1, 0.15) is 22.8 Å². The van der Waals surface area contributed by atoms with Crippen molar-refractivity contribution in [2.45, 2.75) is 25.8 Å². The summed E-state index contributed by atoms with van der Waals surface area (Å²) in [5, 5.41) is 0. The lowest BCUT2D eigenvalue weighted by Crippen LogP contribution is -2.31. The zero-order chi connectivity index (χ0) is 19.0. The summed E-state index contributed by atoms with van der Waals surface area (Å²) < 4.78 is 12.7.